The van der Waals surface area contributed by atoms with Crippen LogP contribution in [0.4, 0.5) is 0 Å². The lowest BCUT2D eigenvalue weighted by Gasteiger charge is -2.34. The van der Waals surface area contributed by atoms with Gasteiger partial charge in [-0.3, -0.25) is 0 Å². The summed E-state index contributed by atoms with van der Waals surface area (Å²) in [6.07, 6.45) is 1.38. The molecule has 9 nitrogen and oxygen atoms in total. The van der Waals surface area contributed by atoms with Gasteiger partial charge in [0.15, 0.2) is 11.2 Å². The third kappa shape index (κ3) is 6.31. The summed E-state index contributed by atoms with van der Waals surface area (Å²) in [4.78, 5) is 18.3. The summed E-state index contributed by atoms with van der Waals surface area (Å²) in [5.74, 6) is -0.0250. The molecule has 0 radical (unpaired) electrons. The van der Waals surface area contributed by atoms with Gasteiger partial charge >= 0.3 is 5.97 Å². The number of aromatic nitrogens is 6. The van der Waals surface area contributed by atoms with Crippen molar-refractivity contribution in [3.8, 4) is 22.5 Å². The van der Waals surface area contributed by atoms with Gasteiger partial charge in [0.1, 0.15) is 11.4 Å². The summed E-state index contributed by atoms with van der Waals surface area (Å²) < 4.78 is 1.84. The number of carboxylic acids is 1. The van der Waals surface area contributed by atoms with E-state index in [9.17, 15) is 15.0 Å². The van der Waals surface area contributed by atoms with E-state index in [1.807, 2.05) is 115 Å². The minimum Gasteiger partial charge on any atom is -0.476 e. The maximum atomic E-state index is 12.1. The van der Waals surface area contributed by atoms with Crippen molar-refractivity contribution in [1.82, 2.24) is 29.8 Å². The molecule has 9 heteroatoms. The van der Waals surface area contributed by atoms with Crippen LogP contribution in [0.25, 0.3) is 22.5 Å². The summed E-state index contributed by atoms with van der Waals surface area (Å²) in [5, 5.41) is 35.4. The highest BCUT2D eigenvalue weighted by Crippen LogP contribution is 2.40. The largest absolute Gasteiger partial charge is 0.476 e. The number of hydrogen-bond acceptors (Lipinski definition) is 6. The number of rotatable bonds is 12. The fraction of sp³-hybridized carbons (Fsp3) is 0.186. The summed E-state index contributed by atoms with van der Waals surface area (Å²) >= 11 is 0. The van der Waals surface area contributed by atoms with E-state index >= 15 is 0 Å². The van der Waals surface area contributed by atoms with Crippen molar-refractivity contribution >= 4 is 5.97 Å². The van der Waals surface area contributed by atoms with Crippen LogP contribution < -0.4 is 0 Å². The first-order valence-corrected chi connectivity index (χ1v) is 17.4. The van der Waals surface area contributed by atoms with Gasteiger partial charge in [-0.05, 0) is 58.9 Å². The van der Waals surface area contributed by atoms with E-state index in [4.69, 9.17) is 10.3 Å². The number of aliphatic hydroxyl groups is 1. The van der Waals surface area contributed by atoms with Crippen LogP contribution >= 0.6 is 0 Å². The van der Waals surface area contributed by atoms with E-state index in [1.165, 1.54) is 0 Å². The lowest BCUT2D eigenvalue weighted by Crippen LogP contribution is -2.39. The number of imidazole rings is 1. The summed E-state index contributed by atoms with van der Waals surface area (Å²) in [5.41, 5.74) is 4.59. The second-order valence-corrected chi connectivity index (χ2v) is 13.4. The van der Waals surface area contributed by atoms with Crippen molar-refractivity contribution in [3.05, 3.63) is 179 Å². The Bertz CT molecular complexity index is 2190. The minimum absolute atomic E-state index is 0.113. The Morgan fingerprint density at radius 2 is 1.23 bits per heavy atom. The molecule has 7 aromatic rings. The molecule has 0 aliphatic rings. The van der Waals surface area contributed by atoms with Gasteiger partial charge in [-0.15, -0.1) is 15.0 Å². The number of nitrogens with zero attached hydrogens (tertiary/aromatic N) is 6. The highest BCUT2D eigenvalue weighted by atomic mass is 16.4. The van der Waals surface area contributed by atoms with Crippen LogP contribution in [0.5, 0.6) is 0 Å². The van der Waals surface area contributed by atoms with Crippen LogP contribution in [0, 0.1) is 0 Å². The number of carboxylic acid groups (broad SMARTS) is 1. The number of aromatic carboxylic acids is 1. The second-order valence-electron chi connectivity index (χ2n) is 13.4. The number of carbonyl (C=O) groups is 1. The van der Waals surface area contributed by atoms with Crippen molar-refractivity contribution in [2.75, 3.05) is 0 Å². The number of tetrazole rings is 1. The van der Waals surface area contributed by atoms with Crippen molar-refractivity contribution in [3.63, 3.8) is 0 Å². The maximum absolute atomic E-state index is 12.1. The molecule has 52 heavy (non-hydrogen) atoms. The zero-order valence-corrected chi connectivity index (χ0v) is 29.4. The van der Waals surface area contributed by atoms with Gasteiger partial charge in [0.25, 0.3) is 0 Å². The Balaban J connectivity index is 1.29. The molecule has 2 heterocycles. The maximum Gasteiger partial charge on any atom is 0.356 e. The molecule has 0 aliphatic heterocycles. The van der Waals surface area contributed by atoms with E-state index in [-0.39, 0.29) is 5.69 Å². The quantitative estimate of drug-likeness (QED) is 0.125. The molecule has 0 spiro atoms. The van der Waals surface area contributed by atoms with Crippen LogP contribution in [0.2, 0.25) is 0 Å². The molecule has 0 unspecified atom stereocenters. The van der Waals surface area contributed by atoms with Gasteiger partial charge in [-0.1, -0.05) is 146 Å². The fourth-order valence-corrected chi connectivity index (χ4v) is 7.10. The molecule has 2 N–H and O–H groups in total. The van der Waals surface area contributed by atoms with Gasteiger partial charge in [-0.25, -0.2) is 9.78 Å². The molecule has 2 aromatic heterocycles. The molecule has 0 amide bonds. The molecule has 0 bridgehead atoms. The molecule has 0 fully saturated rings. The summed E-state index contributed by atoms with van der Waals surface area (Å²) in [6.45, 7) is 5.58. The third-order valence-corrected chi connectivity index (χ3v) is 9.36. The molecule has 0 saturated heterocycles. The van der Waals surface area contributed by atoms with Gasteiger partial charge in [0, 0.05) is 18.5 Å². The second kappa shape index (κ2) is 14.2. The fourth-order valence-electron chi connectivity index (χ4n) is 7.10. The third-order valence-electron chi connectivity index (χ3n) is 9.36. The Labute approximate surface area is 302 Å². The van der Waals surface area contributed by atoms with Gasteiger partial charge < -0.3 is 14.8 Å². The smallest absolute Gasteiger partial charge is 0.356 e. The van der Waals surface area contributed by atoms with Gasteiger partial charge in [-0.2, -0.15) is 0 Å². The zero-order chi connectivity index (χ0) is 36.3. The first kappa shape index (κ1) is 34.3. The summed E-state index contributed by atoms with van der Waals surface area (Å²) in [7, 11) is 0. The zero-order valence-electron chi connectivity index (χ0n) is 29.4. The van der Waals surface area contributed by atoms with Crippen molar-refractivity contribution in [2.24, 2.45) is 0 Å². The van der Waals surface area contributed by atoms with Crippen molar-refractivity contribution in [2.45, 2.75) is 51.3 Å². The normalized spacial score (nSPS) is 11.8. The van der Waals surface area contributed by atoms with E-state index in [2.05, 4.69) is 46.5 Å². The van der Waals surface area contributed by atoms with Crippen molar-refractivity contribution in [1.29, 1.82) is 0 Å². The predicted octanol–water partition coefficient (Wildman–Crippen LogP) is 7.97. The number of benzene rings is 5. The van der Waals surface area contributed by atoms with E-state index in [0.717, 1.165) is 45.4 Å². The van der Waals surface area contributed by atoms with Gasteiger partial charge in [0.2, 0.25) is 5.82 Å². The molecule has 5 aromatic carbocycles. The van der Waals surface area contributed by atoms with Crippen molar-refractivity contribution < 1.29 is 15.0 Å². The first-order valence-electron chi connectivity index (χ1n) is 17.4. The number of hydrogen-bond donors (Lipinski definition) is 2. The molecule has 260 valence electrons. The van der Waals surface area contributed by atoms with Crippen LogP contribution in [-0.2, 0) is 24.1 Å². The van der Waals surface area contributed by atoms with Crippen LogP contribution in [0.3, 0.4) is 0 Å². The molecule has 0 saturated carbocycles. The average molecular weight is 689 g/mol. The predicted molar refractivity (Wildman–Crippen MR) is 201 cm³/mol. The lowest BCUT2D eigenvalue weighted by molar-refractivity contribution is 0.0588. The lowest BCUT2D eigenvalue weighted by atomic mass is 9.77. The topological polar surface area (TPSA) is 119 Å². The Kier molecular flexibility index (Phi) is 9.36. The molecule has 0 aliphatic carbocycles. The SMILES string of the molecule is CCCc1nc(C(=O)O)c(C(C)(C)O)n1Cc1ccc(-c2ccccc2-c2nnn(C(c3ccccc3)(c3ccccc3)c3ccccc3)n2)cc1. The molecular weight excluding hydrogens is 649 g/mol. The van der Waals surface area contributed by atoms with Crippen LogP contribution in [0.1, 0.15) is 71.5 Å². The molecule has 0 atom stereocenters. The first-order chi connectivity index (χ1) is 25.2. The summed E-state index contributed by atoms with van der Waals surface area (Å²) in [6, 6.07) is 46.9. The standard InChI is InChI=1S/C43H40N6O3/c1-4-16-37-44-38(41(50)51)39(42(2,3)52)48(37)29-30-25-27-31(28-26-30)35-23-14-15-24-36(35)40-45-47-49(46-40)43(32-17-8-5-9-18-32,33-19-10-6-11-20-33)34-21-12-7-13-22-34/h5-15,17-28,52H,4,16,29H2,1-3H3,(H,50,51). The Morgan fingerprint density at radius 1 is 0.712 bits per heavy atom. The average Bonchev–Trinajstić information content (AvgIpc) is 3.80. The highest BCUT2D eigenvalue weighted by Gasteiger charge is 2.41. The Morgan fingerprint density at radius 3 is 1.73 bits per heavy atom. The van der Waals surface area contributed by atoms with Crippen LogP contribution in [0.15, 0.2) is 140 Å². The molecular formula is C43H40N6O3. The molecule has 7 rings (SSSR count). The highest BCUT2D eigenvalue weighted by molar-refractivity contribution is 5.87. The monoisotopic (exact) mass is 688 g/mol. The Hall–Kier alpha value is -6.19. The van der Waals surface area contributed by atoms with Gasteiger partial charge in [0.05, 0.1) is 5.69 Å². The van der Waals surface area contributed by atoms with E-state index < -0.39 is 17.1 Å². The van der Waals surface area contributed by atoms with E-state index in [0.29, 0.717) is 30.3 Å². The van der Waals surface area contributed by atoms with Crippen LogP contribution in [-0.4, -0.2) is 45.9 Å². The van der Waals surface area contributed by atoms with E-state index in [1.54, 1.807) is 18.6 Å². The minimum atomic E-state index is -1.39. The number of aryl methyl sites for hydroxylation is 1.